The molecule has 0 saturated carbocycles. The Labute approximate surface area is 83.6 Å². The maximum Gasteiger partial charge on any atom is 0.306 e. The molecule has 0 fully saturated rings. The first-order valence-electron chi connectivity index (χ1n) is 4.91. The topological polar surface area (TPSA) is 55.1 Å². The highest BCUT2D eigenvalue weighted by Crippen LogP contribution is 2.11. The number of carboxylic acid groups (broad SMARTS) is 1. The van der Waals surface area contributed by atoms with Crippen molar-refractivity contribution in [3.05, 3.63) is 18.2 Å². The van der Waals surface area contributed by atoms with Crippen molar-refractivity contribution in [3.8, 4) is 0 Å². The molecule has 0 aliphatic heterocycles. The Balaban J connectivity index is 2.71. The van der Waals surface area contributed by atoms with Gasteiger partial charge in [0.2, 0.25) is 0 Å². The molecule has 1 atom stereocenters. The average molecular weight is 196 g/mol. The molecule has 0 bridgehead atoms. The third-order valence-corrected chi connectivity index (χ3v) is 2.41. The average Bonchev–Trinajstić information content (AvgIpc) is 2.60. The van der Waals surface area contributed by atoms with Gasteiger partial charge in [0.15, 0.2) is 0 Å². The van der Waals surface area contributed by atoms with Crippen LogP contribution in [0, 0.1) is 5.92 Å². The molecule has 4 nitrogen and oxygen atoms in total. The molecule has 1 N–H and O–H groups in total. The number of aryl methyl sites for hydroxylation is 1. The third-order valence-electron chi connectivity index (χ3n) is 2.41. The molecule has 1 unspecified atom stereocenters. The zero-order valence-corrected chi connectivity index (χ0v) is 8.60. The second-order valence-corrected chi connectivity index (χ2v) is 3.28. The molecule has 1 heterocycles. The van der Waals surface area contributed by atoms with Crippen molar-refractivity contribution in [3.63, 3.8) is 0 Å². The molecule has 4 heteroatoms. The minimum atomic E-state index is -0.738. The van der Waals surface area contributed by atoms with Gasteiger partial charge >= 0.3 is 5.97 Å². The Kier molecular flexibility index (Phi) is 3.68. The molecule has 0 saturated heterocycles. The summed E-state index contributed by atoms with van der Waals surface area (Å²) >= 11 is 0. The van der Waals surface area contributed by atoms with E-state index in [1.165, 1.54) is 0 Å². The van der Waals surface area contributed by atoms with Gasteiger partial charge in [0, 0.05) is 25.4 Å². The van der Waals surface area contributed by atoms with Crippen molar-refractivity contribution < 1.29 is 9.90 Å². The predicted molar refractivity (Wildman–Crippen MR) is 53.0 cm³/mol. The van der Waals surface area contributed by atoms with Crippen LogP contribution in [-0.2, 0) is 17.8 Å². The molecule has 14 heavy (non-hydrogen) atoms. The Bertz CT molecular complexity index is 307. The van der Waals surface area contributed by atoms with Gasteiger partial charge in [-0.05, 0) is 13.3 Å². The molecule has 0 radical (unpaired) electrons. The SMILES string of the molecule is CCC(Cc1nccn1CC)C(=O)O. The van der Waals surface area contributed by atoms with E-state index in [0.717, 1.165) is 12.4 Å². The standard InChI is InChI=1S/C10H16N2O2/c1-3-8(10(13)14)7-9-11-5-6-12(9)4-2/h5-6,8H,3-4,7H2,1-2H3,(H,13,14). The van der Waals surface area contributed by atoms with Crippen molar-refractivity contribution in [2.24, 2.45) is 5.92 Å². The number of aromatic nitrogens is 2. The number of aliphatic carboxylic acids is 1. The Morgan fingerprint density at radius 1 is 1.64 bits per heavy atom. The first kappa shape index (κ1) is 10.8. The summed E-state index contributed by atoms with van der Waals surface area (Å²) in [6.07, 6.45) is 4.76. The Morgan fingerprint density at radius 3 is 2.86 bits per heavy atom. The maximum atomic E-state index is 10.8. The fraction of sp³-hybridized carbons (Fsp3) is 0.600. The highest BCUT2D eigenvalue weighted by atomic mass is 16.4. The molecule has 0 aliphatic rings. The Morgan fingerprint density at radius 2 is 2.36 bits per heavy atom. The number of nitrogens with zero attached hydrogens (tertiary/aromatic N) is 2. The zero-order valence-electron chi connectivity index (χ0n) is 8.60. The monoisotopic (exact) mass is 196 g/mol. The Hall–Kier alpha value is -1.32. The highest BCUT2D eigenvalue weighted by molar-refractivity contribution is 5.70. The summed E-state index contributed by atoms with van der Waals surface area (Å²) in [5, 5.41) is 8.90. The summed E-state index contributed by atoms with van der Waals surface area (Å²) < 4.78 is 1.98. The lowest BCUT2D eigenvalue weighted by Gasteiger charge is -2.10. The van der Waals surface area contributed by atoms with E-state index in [1.807, 2.05) is 24.6 Å². The van der Waals surface area contributed by atoms with Gasteiger partial charge in [0.1, 0.15) is 5.82 Å². The van der Waals surface area contributed by atoms with Crippen LogP contribution >= 0.6 is 0 Å². The first-order chi connectivity index (χ1) is 6.69. The van der Waals surface area contributed by atoms with Crippen LogP contribution in [0.25, 0.3) is 0 Å². The van der Waals surface area contributed by atoms with Crippen LogP contribution in [0.1, 0.15) is 26.1 Å². The van der Waals surface area contributed by atoms with E-state index in [0.29, 0.717) is 12.8 Å². The number of hydrogen-bond donors (Lipinski definition) is 1. The van der Waals surface area contributed by atoms with E-state index in [1.54, 1.807) is 6.20 Å². The summed E-state index contributed by atoms with van der Waals surface area (Å²) in [6.45, 7) is 4.75. The van der Waals surface area contributed by atoms with Crippen LogP contribution in [0.15, 0.2) is 12.4 Å². The molecule has 1 rings (SSSR count). The predicted octanol–water partition coefficient (Wildman–Crippen LogP) is 1.56. The van der Waals surface area contributed by atoms with Crippen LogP contribution in [0.2, 0.25) is 0 Å². The van der Waals surface area contributed by atoms with E-state index in [-0.39, 0.29) is 5.92 Å². The summed E-state index contributed by atoms with van der Waals surface area (Å²) in [5.41, 5.74) is 0. The van der Waals surface area contributed by atoms with Crippen molar-refractivity contribution in [1.82, 2.24) is 9.55 Å². The highest BCUT2D eigenvalue weighted by Gasteiger charge is 2.17. The molecule has 0 aliphatic carbocycles. The summed E-state index contributed by atoms with van der Waals surface area (Å²) in [6, 6.07) is 0. The quantitative estimate of drug-likeness (QED) is 0.777. The normalized spacial score (nSPS) is 12.7. The second kappa shape index (κ2) is 4.79. The van der Waals surface area contributed by atoms with Gasteiger partial charge in [-0.25, -0.2) is 4.98 Å². The van der Waals surface area contributed by atoms with E-state index in [9.17, 15) is 4.79 Å². The van der Waals surface area contributed by atoms with Crippen molar-refractivity contribution >= 4 is 5.97 Å². The van der Waals surface area contributed by atoms with E-state index in [4.69, 9.17) is 5.11 Å². The van der Waals surface area contributed by atoms with E-state index >= 15 is 0 Å². The molecule has 0 amide bonds. The lowest BCUT2D eigenvalue weighted by atomic mass is 10.0. The van der Waals surface area contributed by atoms with Crippen LogP contribution in [-0.4, -0.2) is 20.6 Å². The molecular weight excluding hydrogens is 180 g/mol. The number of carbonyl (C=O) groups is 1. The lowest BCUT2D eigenvalue weighted by molar-refractivity contribution is -0.141. The van der Waals surface area contributed by atoms with Gasteiger partial charge in [0.25, 0.3) is 0 Å². The minimum absolute atomic E-state index is 0.317. The summed E-state index contributed by atoms with van der Waals surface area (Å²) in [7, 11) is 0. The first-order valence-corrected chi connectivity index (χ1v) is 4.91. The largest absolute Gasteiger partial charge is 0.481 e. The van der Waals surface area contributed by atoms with Gasteiger partial charge in [-0.2, -0.15) is 0 Å². The molecule has 1 aromatic heterocycles. The maximum absolute atomic E-state index is 10.8. The van der Waals surface area contributed by atoms with Crippen LogP contribution < -0.4 is 0 Å². The van der Waals surface area contributed by atoms with Gasteiger partial charge in [-0.3, -0.25) is 4.79 Å². The molecular formula is C10H16N2O2. The van der Waals surface area contributed by atoms with Crippen molar-refractivity contribution in [1.29, 1.82) is 0 Å². The second-order valence-electron chi connectivity index (χ2n) is 3.28. The molecule has 0 spiro atoms. The van der Waals surface area contributed by atoms with Crippen LogP contribution in [0.5, 0.6) is 0 Å². The van der Waals surface area contributed by atoms with Gasteiger partial charge in [-0.15, -0.1) is 0 Å². The van der Waals surface area contributed by atoms with Crippen molar-refractivity contribution in [2.45, 2.75) is 33.2 Å². The lowest BCUT2D eigenvalue weighted by Crippen LogP contribution is -2.17. The fourth-order valence-corrected chi connectivity index (χ4v) is 1.44. The minimum Gasteiger partial charge on any atom is -0.481 e. The molecule has 78 valence electrons. The van der Waals surface area contributed by atoms with Crippen molar-refractivity contribution in [2.75, 3.05) is 0 Å². The zero-order chi connectivity index (χ0) is 10.6. The molecule has 0 aromatic carbocycles. The number of imidazole rings is 1. The number of rotatable bonds is 5. The summed E-state index contributed by atoms with van der Waals surface area (Å²) in [4.78, 5) is 15.0. The molecule has 1 aromatic rings. The number of carboxylic acids is 1. The summed E-state index contributed by atoms with van der Waals surface area (Å²) in [5.74, 6) is -0.192. The van der Waals surface area contributed by atoms with Crippen LogP contribution in [0.3, 0.4) is 0 Å². The van der Waals surface area contributed by atoms with Crippen LogP contribution in [0.4, 0.5) is 0 Å². The fourth-order valence-electron chi connectivity index (χ4n) is 1.44. The van der Waals surface area contributed by atoms with Gasteiger partial charge < -0.3 is 9.67 Å². The van der Waals surface area contributed by atoms with Gasteiger partial charge in [0.05, 0.1) is 5.92 Å². The smallest absolute Gasteiger partial charge is 0.306 e. The third kappa shape index (κ3) is 2.34. The van der Waals surface area contributed by atoms with E-state index in [2.05, 4.69) is 4.98 Å². The van der Waals surface area contributed by atoms with Gasteiger partial charge in [-0.1, -0.05) is 6.92 Å². The van der Waals surface area contributed by atoms with E-state index < -0.39 is 5.97 Å². The number of hydrogen-bond acceptors (Lipinski definition) is 2.